The van der Waals surface area contributed by atoms with E-state index in [1.807, 2.05) is 19.9 Å². The molecule has 108 valence electrons. The Labute approximate surface area is 114 Å². The average Bonchev–Trinajstić information content (AvgIpc) is 2.40. The van der Waals surface area contributed by atoms with Gasteiger partial charge in [0.05, 0.1) is 24.3 Å². The van der Waals surface area contributed by atoms with Crippen LogP contribution in [0.1, 0.15) is 25.1 Å². The zero-order chi connectivity index (χ0) is 14.9. The SMILES string of the molecule is CC1CN(c2nc(C(F)(F)F)ccc2C#N)C(C)CO1. The third-order valence-electron chi connectivity index (χ3n) is 3.17. The van der Waals surface area contributed by atoms with Gasteiger partial charge < -0.3 is 9.64 Å². The van der Waals surface area contributed by atoms with Crippen molar-refractivity contribution < 1.29 is 17.9 Å². The predicted molar refractivity (Wildman–Crippen MR) is 66.2 cm³/mol. The van der Waals surface area contributed by atoms with Gasteiger partial charge in [0.25, 0.3) is 0 Å². The highest BCUT2D eigenvalue weighted by molar-refractivity contribution is 5.55. The van der Waals surface area contributed by atoms with Crippen LogP contribution in [0.15, 0.2) is 12.1 Å². The van der Waals surface area contributed by atoms with Crippen molar-refractivity contribution in [3.8, 4) is 6.07 Å². The van der Waals surface area contributed by atoms with Crippen molar-refractivity contribution in [2.24, 2.45) is 0 Å². The van der Waals surface area contributed by atoms with E-state index in [0.717, 1.165) is 12.1 Å². The Morgan fingerprint density at radius 2 is 2.10 bits per heavy atom. The number of alkyl halides is 3. The third kappa shape index (κ3) is 2.85. The summed E-state index contributed by atoms with van der Waals surface area (Å²) in [4.78, 5) is 5.34. The quantitative estimate of drug-likeness (QED) is 0.795. The summed E-state index contributed by atoms with van der Waals surface area (Å²) < 4.78 is 43.7. The molecule has 0 aromatic carbocycles. The van der Waals surface area contributed by atoms with Gasteiger partial charge in [-0.1, -0.05) is 0 Å². The average molecular weight is 285 g/mol. The molecule has 2 unspecified atom stereocenters. The summed E-state index contributed by atoms with van der Waals surface area (Å²) in [7, 11) is 0. The van der Waals surface area contributed by atoms with Crippen LogP contribution in [-0.4, -0.2) is 30.3 Å². The maximum absolute atomic E-state index is 12.8. The van der Waals surface area contributed by atoms with Crippen LogP contribution in [0.5, 0.6) is 0 Å². The van der Waals surface area contributed by atoms with Crippen LogP contribution in [0, 0.1) is 11.3 Å². The Balaban J connectivity index is 2.45. The number of hydrogen-bond donors (Lipinski definition) is 0. The maximum Gasteiger partial charge on any atom is 0.433 e. The predicted octanol–water partition coefficient (Wildman–Crippen LogP) is 2.59. The van der Waals surface area contributed by atoms with Crippen molar-refractivity contribution in [2.75, 3.05) is 18.1 Å². The van der Waals surface area contributed by atoms with E-state index in [1.165, 1.54) is 0 Å². The van der Waals surface area contributed by atoms with Crippen molar-refractivity contribution >= 4 is 5.82 Å². The van der Waals surface area contributed by atoms with E-state index in [-0.39, 0.29) is 23.5 Å². The minimum absolute atomic E-state index is 0.0741. The van der Waals surface area contributed by atoms with Gasteiger partial charge in [0.1, 0.15) is 17.6 Å². The molecule has 0 N–H and O–H groups in total. The normalized spacial score (nSPS) is 23.5. The van der Waals surface area contributed by atoms with Crippen molar-refractivity contribution in [3.05, 3.63) is 23.4 Å². The van der Waals surface area contributed by atoms with Crippen molar-refractivity contribution in [3.63, 3.8) is 0 Å². The van der Waals surface area contributed by atoms with Crippen LogP contribution < -0.4 is 4.90 Å². The molecule has 0 saturated carbocycles. The second kappa shape index (κ2) is 5.29. The third-order valence-corrected chi connectivity index (χ3v) is 3.17. The highest BCUT2D eigenvalue weighted by atomic mass is 19.4. The number of halogens is 3. The largest absolute Gasteiger partial charge is 0.433 e. The zero-order valence-corrected chi connectivity index (χ0v) is 11.1. The van der Waals surface area contributed by atoms with Crippen LogP contribution in [0.25, 0.3) is 0 Å². The van der Waals surface area contributed by atoms with Crippen molar-refractivity contribution in [1.82, 2.24) is 4.98 Å². The van der Waals surface area contributed by atoms with Gasteiger partial charge >= 0.3 is 6.18 Å². The van der Waals surface area contributed by atoms with E-state index in [2.05, 4.69) is 4.98 Å². The lowest BCUT2D eigenvalue weighted by molar-refractivity contribution is -0.141. The number of nitriles is 1. The molecular weight excluding hydrogens is 271 g/mol. The number of ether oxygens (including phenoxy) is 1. The summed E-state index contributed by atoms with van der Waals surface area (Å²) in [5.74, 6) is 0.0741. The van der Waals surface area contributed by atoms with Gasteiger partial charge in [-0.05, 0) is 26.0 Å². The highest BCUT2D eigenvalue weighted by Crippen LogP contribution is 2.31. The Bertz CT molecular complexity index is 539. The summed E-state index contributed by atoms with van der Waals surface area (Å²) in [5, 5.41) is 9.07. The van der Waals surface area contributed by atoms with E-state index in [9.17, 15) is 13.2 Å². The minimum atomic E-state index is -4.52. The first-order valence-corrected chi connectivity index (χ1v) is 6.19. The second-order valence-corrected chi connectivity index (χ2v) is 4.82. The first kappa shape index (κ1) is 14.6. The summed E-state index contributed by atoms with van der Waals surface area (Å²) in [6.45, 7) is 4.46. The molecule has 1 fully saturated rings. The molecule has 1 aromatic heterocycles. The van der Waals surface area contributed by atoms with Gasteiger partial charge in [-0.2, -0.15) is 18.4 Å². The molecule has 2 rings (SSSR count). The Morgan fingerprint density at radius 1 is 1.40 bits per heavy atom. The molecule has 1 aliphatic rings. The molecule has 2 heterocycles. The first-order valence-electron chi connectivity index (χ1n) is 6.19. The molecule has 0 aliphatic carbocycles. The molecule has 0 amide bonds. The summed E-state index contributed by atoms with van der Waals surface area (Å²) in [5.41, 5.74) is -0.850. The molecule has 0 bridgehead atoms. The fourth-order valence-corrected chi connectivity index (χ4v) is 2.11. The number of morpholine rings is 1. The van der Waals surface area contributed by atoms with E-state index in [1.54, 1.807) is 4.90 Å². The number of pyridine rings is 1. The van der Waals surface area contributed by atoms with Gasteiger partial charge in [0.2, 0.25) is 0 Å². The summed E-state index contributed by atoms with van der Waals surface area (Å²) >= 11 is 0. The van der Waals surface area contributed by atoms with E-state index < -0.39 is 11.9 Å². The van der Waals surface area contributed by atoms with E-state index in [0.29, 0.717) is 13.2 Å². The molecule has 2 atom stereocenters. The topological polar surface area (TPSA) is 49.2 Å². The monoisotopic (exact) mass is 285 g/mol. The zero-order valence-electron chi connectivity index (χ0n) is 11.1. The van der Waals surface area contributed by atoms with Crippen molar-refractivity contribution in [1.29, 1.82) is 5.26 Å². The molecule has 0 radical (unpaired) electrons. The Hall–Kier alpha value is -1.81. The number of aromatic nitrogens is 1. The number of rotatable bonds is 1. The highest BCUT2D eigenvalue weighted by Gasteiger charge is 2.35. The minimum Gasteiger partial charge on any atom is -0.375 e. The molecule has 0 spiro atoms. The molecule has 7 heteroatoms. The molecule has 20 heavy (non-hydrogen) atoms. The molecule has 1 saturated heterocycles. The van der Waals surface area contributed by atoms with Crippen LogP contribution in [-0.2, 0) is 10.9 Å². The number of hydrogen-bond acceptors (Lipinski definition) is 4. The van der Waals surface area contributed by atoms with Gasteiger partial charge in [0.15, 0.2) is 0 Å². The van der Waals surface area contributed by atoms with Crippen molar-refractivity contribution in [2.45, 2.75) is 32.2 Å². The van der Waals surface area contributed by atoms with E-state index >= 15 is 0 Å². The molecule has 1 aliphatic heterocycles. The van der Waals surface area contributed by atoms with Gasteiger partial charge in [0, 0.05) is 6.54 Å². The fraction of sp³-hybridized carbons (Fsp3) is 0.538. The fourth-order valence-electron chi connectivity index (χ4n) is 2.11. The van der Waals surface area contributed by atoms with Gasteiger partial charge in [-0.3, -0.25) is 0 Å². The lowest BCUT2D eigenvalue weighted by Crippen LogP contribution is -2.48. The summed E-state index contributed by atoms with van der Waals surface area (Å²) in [6.07, 6.45) is -4.64. The molecule has 1 aromatic rings. The second-order valence-electron chi connectivity index (χ2n) is 4.82. The van der Waals surface area contributed by atoms with Crippen LogP contribution in [0.4, 0.5) is 19.0 Å². The maximum atomic E-state index is 12.8. The Kier molecular flexibility index (Phi) is 3.86. The molecular formula is C13H14F3N3O. The van der Waals surface area contributed by atoms with Crippen LogP contribution >= 0.6 is 0 Å². The summed E-state index contributed by atoms with van der Waals surface area (Å²) in [6, 6.07) is 3.76. The van der Waals surface area contributed by atoms with Gasteiger partial charge in [-0.15, -0.1) is 0 Å². The molecule has 4 nitrogen and oxygen atoms in total. The van der Waals surface area contributed by atoms with E-state index in [4.69, 9.17) is 10.00 Å². The lowest BCUT2D eigenvalue weighted by Gasteiger charge is -2.38. The smallest absolute Gasteiger partial charge is 0.375 e. The van der Waals surface area contributed by atoms with Crippen LogP contribution in [0.3, 0.4) is 0 Å². The first-order chi connectivity index (χ1) is 9.32. The number of nitrogens with zero attached hydrogens (tertiary/aromatic N) is 3. The van der Waals surface area contributed by atoms with Crippen LogP contribution in [0.2, 0.25) is 0 Å². The lowest BCUT2D eigenvalue weighted by atomic mass is 10.1. The Morgan fingerprint density at radius 3 is 2.70 bits per heavy atom. The number of anilines is 1. The van der Waals surface area contributed by atoms with Gasteiger partial charge in [-0.25, -0.2) is 4.98 Å². The standard InChI is InChI=1S/C13H14F3N3O/c1-8-7-20-9(2)6-19(8)12-10(5-17)3-4-11(18-12)13(14,15)16/h3-4,8-9H,6-7H2,1-2H3.